The zero-order valence-electron chi connectivity index (χ0n) is 13.4. The molecule has 9 heteroatoms. The number of carboxylic acids is 1. The zero-order chi connectivity index (χ0) is 18.9. The van der Waals surface area contributed by atoms with E-state index in [0.29, 0.717) is 6.54 Å². The SMILES string of the molecule is C=C(OC)C(F)(F)F.O=C(O)CC[n+]1ccc(-c2cccnn2)cc1. The van der Waals surface area contributed by atoms with E-state index in [1.165, 1.54) is 0 Å². The Balaban J connectivity index is 0.000000333. The van der Waals surface area contributed by atoms with Gasteiger partial charge in [0.05, 0.1) is 12.8 Å². The van der Waals surface area contributed by atoms with E-state index >= 15 is 0 Å². The van der Waals surface area contributed by atoms with Gasteiger partial charge in [-0.3, -0.25) is 4.79 Å². The molecule has 0 aliphatic heterocycles. The Morgan fingerprint density at radius 2 is 1.96 bits per heavy atom. The molecule has 0 atom stereocenters. The molecule has 1 N–H and O–H groups in total. The first-order chi connectivity index (χ1) is 11.7. The van der Waals surface area contributed by atoms with Crippen LogP contribution in [-0.2, 0) is 16.1 Å². The van der Waals surface area contributed by atoms with Crippen molar-refractivity contribution >= 4 is 5.97 Å². The van der Waals surface area contributed by atoms with Gasteiger partial charge in [-0.2, -0.15) is 23.4 Å². The predicted molar refractivity (Wildman–Crippen MR) is 82.1 cm³/mol. The van der Waals surface area contributed by atoms with Gasteiger partial charge in [0.25, 0.3) is 0 Å². The molecule has 2 aromatic heterocycles. The van der Waals surface area contributed by atoms with Gasteiger partial charge in [0.2, 0.25) is 0 Å². The van der Waals surface area contributed by atoms with Gasteiger partial charge in [-0.1, -0.05) is 6.58 Å². The summed E-state index contributed by atoms with van der Waals surface area (Å²) in [7, 11) is 0.926. The number of hydrogen-bond acceptors (Lipinski definition) is 4. The van der Waals surface area contributed by atoms with Gasteiger partial charge in [-0.25, -0.2) is 4.57 Å². The van der Waals surface area contributed by atoms with Crippen LogP contribution in [0.3, 0.4) is 0 Å². The van der Waals surface area contributed by atoms with Crippen molar-refractivity contribution in [3.63, 3.8) is 0 Å². The molecule has 0 unspecified atom stereocenters. The molecule has 25 heavy (non-hydrogen) atoms. The fourth-order valence-electron chi connectivity index (χ4n) is 1.57. The number of rotatable bonds is 5. The first-order valence-electron chi connectivity index (χ1n) is 7.03. The molecule has 0 saturated carbocycles. The summed E-state index contributed by atoms with van der Waals surface area (Å²) in [6.07, 6.45) is 1.02. The number of aromatic nitrogens is 3. The van der Waals surface area contributed by atoms with Crippen molar-refractivity contribution < 1.29 is 32.4 Å². The van der Waals surface area contributed by atoms with Crippen molar-refractivity contribution in [2.45, 2.75) is 19.1 Å². The average molecular weight is 356 g/mol. The molecule has 6 nitrogen and oxygen atoms in total. The number of allylic oxidation sites excluding steroid dienone is 1. The van der Waals surface area contributed by atoms with E-state index in [2.05, 4.69) is 21.5 Å². The highest BCUT2D eigenvalue weighted by molar-refractivity contribution is 5.66. The average Bonchev–Trinajstić information content (AvgIpc) is 2.60. The van der Waals surface area contributed by atoms with Gasteiger partial charge in [0.1, 0.15) is 6.42 Å². The van der Waals surface area contributed by atoms with Gasteiger partial charge >= 0.3 is 12.1 Å². The summed E-state index contributed by atoms with van der Waals surface area (Å²) in [6.45, 7) is 3.07. The Labute approximate surface area is 142 Å². The lowest BCUT2D eigenvalue weighted by Crippen LogP contribution is -2.33. The standard InChI is InChI=1S/C12H11N3O2.C4H5F3O/c16-12(17)5-9-15-7-3-10(4-8-15)11-2-1-6-13-14-11;1-3(8-2)4(5,6)7/h1-4,6-8H,5,9H2;1H2,2H3/p+1. The number of alkyl halides is 3. The molecule has 0 radical (unpaired) electrons. The first kappa shape index (κ1) is 20.1. The lowest BCUT2D eigenvalue weighted by molar-refractivity contribution is -0.695. The number of aryl methyl sites for hydroxylation is 1. The van der Waals surface area contributed by atoms with Crippen LogP contribution >= 0.6 is 0 Å². The Morgan fingerprint density at radius 1 is 1.32 bits per heavy atom. The van der Waals surface area contributed by atoms with Crippen molar-refractivity contribution in [3.05, 3.63) is 55.2 Å². The predicted octanol–water partition coefficient (Wildman–Crippen LogP) is 2.61. The Kier molecular flexibility index (Phi) is 7.51. The van der Waals surface area contributed by atoms with Gasteiger partial charge in [0, 0.05) is 23.9 Å². The molecule has 0 fully saturated rings. The maximum Gasteiger partial charge on any atom is 0.448 e. The number of pyridine rings is 1. The largest absolute Gasteiger partial charge is 0.493 e. The summed E-state index contributed by atoms with van der Waals surface area (Å²) in [5, 5.41) is 16.4. The maximum atomic E-state index is 11.2. The monoisotopic (exact) mass is 356 g/mol. The molecule has 2 aromatic rings. The highest BCUT2D eigenvalue weighted by Gasteiger charge is 2.33. The second-order valence-corrected chi connectivity index (χ2v) is 4.70. The summed E-state index contributed by atoms with van der Waals surface area (Å²) >= 11 is 0. The van der Waals surface area contributed by atoms with Crippen LogP contribution in [0.1, 0.15) is 6.42 Å². The second kappa shape index (κ2) is 9.36. The molecule has 0 aliphatic rings. The van der Waals surface area contributed by atoms with E-state index in [9.17, 15) is 18.0 Å². The number of hydrogen-bond donors (Lipinski definition) is 1. The minimum atomic E-state index is -4.41. The molecule has 2 rings (SSSR count). The smallest absolute Gasteiger partial charge is 0.448 e. The van der Waals surface area contributed by atoms with Crippen molar-refractivity contribution in [1.82, 2.24) is 10.2 Å². The lowest BCUT2D eigenvalue weighted by Gasteiger charge is -2.06. The number of aliphatic carboxylic acids is 1. The van der Waals surface area contributed by atoms with Gasteiger partial charge in [-0.05, 0) is 12.1 Å². The minimum absolute atomic E-state index is 0.120. The third-order valence-electron chi connectivity index (χ3n) is 2.91. The summed E-state index contributed by atoms with van der Waals surface area (Å²) < 4.78 is 39.3. The van der Waals surface area contributed by atoms with Crippen LogP contribution < -0.4 is 4.57 Å². The van der Waals surface area contributed by atoms with Crippen LogP contribution in [0.15, 0.2) is 55.2 Å². The molecule has 0 saturated heterocycles. The maximum absolute atomic E-state index is 11.2. The Morgan fingerprint density at radius 3 is 2.36 bits per heavy atom. The first-order valence-corrected chi connectivity index (χ1v) is 7.03. The molecule has 0 aromatic carbocycles. The van der Waals surface area contributed by atoms with Crippen LogP contribution in [0.4, 0.5) is 13.2 Å². The number of carbonyl (C=O) groups is 1. The summed E-state index contributed by atoms with van der Waals surface area (Å²) in [6, 6.07) is 7.50. The Hall–Kier alpha value is -2.97. The van der Waals surface area contributed by atoms with E-state index in [0.717, 1.165) is 18.4 Å². The summed E-state index contributed by atoms with van der Waals surface area (Å²) in [4.78, 5) is 10.4. The number of ether oxygens (including phenoxy) is 1. The van der Waals surface area contributed by atoms with Gasteiger partial charge in [-0.15, -0.1) is 0 Å². The van der Waals surface area contributed by atoms with Crippen molar-refractivity contribution in [2.75, 3.05) is 7.11 Å². The van der Waals surface area contributed by atoms with E-state index in [-0.39, 0.29) is 6.42 Å². The third-order valence-corrected chi connectivity index (χ3v) is 2.91. The summed E-state index contributed by atoms with van der Waals surface area (Å²) in [5.41, 5.74) is 1.77. The third kappa shape index (κ3) is 7.42. The second-order valence-electron chi connectivity index (χ2n) is 4.70. The fourth-order valence-corrected chi connectivity index (χ4v) is 1.57. The molecule has 0 bridgehead atoms. The normalized spacial score (nSPS) is 10.4. The number of halogens is 3. The van der Waals surface area contributed by atoms with Crippen LogP contribution in [-0.4, -0.2) is 34.6 Å². The molecule has 2 heterocycles. The van der Waals surface area contributed by atoms with E-state index in [1.807, 2.05) is 41.2 Å². The van der Waals surface area contributed by atoms with E-state index in [4.69, 9.17) is 5.11 Å². The lowest BCUT2D eigenvalue weighted by atomic mass is 10.2. The highest BCUT2D eigenvalue weighted by Crippen LogP contribution is 2.23. The molecular formula is C16H17F3N3O3+. The molecule has 134 valence electrons. The molecule has 0 spiro atoms. The van der Waals surface area contributed by atoms with E-state index < -0.39 is 17.9 Å². The fraction of sp³-hybridized carbons (Fsp3) is 0.250. The van der Waals surface area contributed by atoms with Crippen LogP contribution in [0.2, 0.25) is 0 Å². The molecule has 0 amide bonds. The number of carboxylic acid groups (broad SMARTS) is 1. The van der Waals surface area contributed by atoms with Crippen molar-refractivity contribution in [2.24, 2.45) is 0 Å². The zero-order valence-corrected chi connectivity index (χ0v) is 13.4. The van der Waals surface area contributed by atoms with Crippen LogP contribution in [0, 0.1) is 0 Å². The van der Waals surface area contributed by atoms with Crippen LogP contribution in [0.5, 0.6) is 0 Å². The Bertz CT molecular complexity index is 689. The van der Waals surface area contributed by atoms with Crippen molar-refractivity contribution in [1.29, 1.82) is 0 Å². The van der Waals surface area contributed by atoms with Crippen molar-refractivity contribution in [3.8, 4) is 11.3 Å². The molecule has 0 aliphatic carbocycles. The molecular weight excluding hydrogens is 339 g/mol. The summed E-state index contributed by atoms with van der Waals surface area (Å²) in [5.74, 6) is -1.96. The topological polar surface area (TPSA) is 76.2 Å². The van der Waals surface area contributed by atoms with Gasteiger partial charge in [0.15, 0.2) is 24.7 Å². The van der Waals surface area contributed by atoms with E-state index in [1.54, 1.807) is 6.20 Å². The minimum Gasteiger partial charge on any atom is -0.493 e. The van der Waals surface area contributed by atoms with Crippen LogP contribution in [0.25, 0.3) is 11.3 Å². The quantitative estimate of drug-likeness (QED) is 0.658. The number of methoxy groups -OCH3 is 1. The highest BCUT2D eigenvalue weighted by atomic mass is 19.4. The van der Waals surface area contributed by atoms with Gasteiger partial charge < -0.3 is 9.84 Å². The number of nitrogens with zero attached hydrogens (tertiary/aromatic N) is 3.